The standard InChI is InChI=1S/C22H28N4O3/c1-25(2)21(28)14-7-16-5-10-18(11-6-16)23-15-20(27)24-19-12-8-17(9-13-19)22(29)26(3)4/h5-6,8-13,23H,7,14-15H2,1-4H3,(H,24,27). The summed E-state index contributed by atoms with van der Waals surface area (Å²) >= 11 is 0. The molecule has 0 aliphatic heterocycles. The Morgan fingerprint density at radius 2 is 1.38 bits per heavy atom. The molecule has 0 fully saturated rings. The minimum Gasteiger partial charge on any atom is -0.376 e. The highest BCUT2D eigenvalue weighted by Gasteiger charge is 2.08. The number of nitrogens with one attached hydrogen (secondary N) is 2. The van der Waals surface area contributed by atoms with Crippen LogP contribution >= 0.6 is 0 Å². The van der Waals surface area contributed by atoms with Crippen LogP contribution in [0.4, 0.5) is 11.4 Å². The van der Waals surface area contributed by atoms with E-state index < -0.39 is 0 Å². The molecule has 0 spiro atoms. The van der Waals surface area contributed by atoms with E-state index in [2.05, 4.69) is 10.6 Å². The molecule has 0 atom stereocenters. The van der Waals surface area contributed by atoms with Crippen molar-refractivity contribution in [2.75, 3.05) is 45.4 Å². The van der Waals surface area contributed by atoms with E-state index in [9.17, 15) is 14.4 Å². The fourth-order valence-electron chi connectivity index (χ4n) is 2.61. The molecule has 2 N–H and O–H groups in total. The van der Waals surface area contributed by atoms with Gasteiger partial charge in [0.15, 0.2) is 0 Å². The highest BCUT2D eigenvalue weighted by atomic mass is 16.2. The number of carbonyl (C=O) groups is 3. The molecule has 2 rings (SSSR count). The Balaban J connectivity index is 1.80. The summed E-state index contributed by atoms with van der Waals surface area (Å²) in [4.78, 5) is 38.7. The van der Waals surface area contributed by atoms with Gasteiger partial charge in [0, 0.05) is 51.5 Å². The predicted octanol–water partition coefficient (Wildman–Crippen LogP) is 2.46. The van der Waals surface area contributed by atoms with Gasteiger partial charge in [-0.05, 0) is 48.4 Å². The van der Waals surface area contributed by atoms with E-state index in [0.717, 1.165) is 11.3 Å². The molecule has 0 radical (unpaired) electrons. The van der Waals surface area contributed by atoms with Gasteiger partial charge in [-0.15, -0.1) is 0 Å². The molecule has 0 heterocycles. The van der Waals surface area contributed by atoms with Crippen LogP contribution in [0.2, 0.25) is 0 Å². The summed E-state index contributed by atoms with van der Waals surface area (Å²) in [7, 11) is 6.88. The molecule has 3 amide bonds. The van der Waals surface area contributed by atoms with Crippen molar-refractivity contribution in [3.8, 4) is 0 Å². The average molecular weight is 396 g/mol. The van der Waals surface area contributed by atoms with Crippen LogP contribution < -0.4 is 10.6 Å². The molecule has 0 saturated heterocycles. The number of aryl methyl sites for hydroxylation is 1. The zero-order chi connectivity index (χ0) is 21.4. The lowest BCUT2D eigenvalue weighted by Crippen LogP contribution is -2.23. The first-order chi connectivity index (χ1) is 13.8. The minimum atomic E-state index is -0.183. The van der Waals surface area contributed by atoms with Gasteiger partial charge < -0.3 is 20.4 Å². The second kappa shape index (κ2) is 10.3. The maximum atomic E-state index is 12.1. The molecule has 7 heteroatoms. The third-order valence-electron chi connectivity index (χ3n) is 4.36. The van der Waals surface area contributed by atoms with Crippen molar-refractivity contribution in [2.45, 2.75) is 12.8 Å². The average Bonchev–Trinajstić information content (AvgIpc) is 2.71. The molecule has 154 valence electrons. The van der Waals surface area contributed by atoms with Crippen LogP contribution in [-0.4, -0.2) is 62.3 Å². The van der Waals surface area contributed by atoms with Crippen molar-refractivity contribution in [3.05, 3.63) is 59.7 Å². The summed E-state index contributed by atoms with van der Waals surface area (Å²) in [6.07, 6.45) is 1.16. The number of amides is 3. The lowest BCUT2D eigenvalue weighted by Gasteiger charge is -2.12. The molecular formula is C22H28N4O3. The topological polar surface area (TPSA) is 81.8 Å². The van der Waals surface area contributed by atoms with Gasteiger partial charge >= 0.3 is 0 Å². The number of hydrogen-bond acceptors (Lipinski definition) is 4. The molecular weight excluding hydrogens is 368 g/mol. The number of carbonyl (C=O) groups excluding carboxylic acids is 3. The number of nitrogens with zero attached hydrogens (tertiary/aromatic N) is 2. The molecule has 0 aliphatic rings. The molecule has 2 aromatic carbocycles. The van der Waals surface area contributed by atoms with Crippen molar-refractivity contribution in [1.29, 1.82) is 0 Å². The van der Waals surface area contributed by atoms with Crippen molar-refractivity contribution in [1.82, 2.24) is 9.80 Å². The second-order valence-corrected chi connectivity index (χ2v) is 7.16. The highest BCUT2D eigenvalue weighted by Crippen LogP contribution is 2.13. The Hall–Kier alpha value is -3.35. The van der Waals surface area contributed by atoms with Crippen molar-refractivity contribution in [3.63, 3.8) is 0 Å². The van der Waals surface area contributed by atoms with Gasteiger partial charge in [0.25, 0.3) is 5.91 Å². The number of anilines is 2. The van der Waals surface area contributed by atoms with Crippen LogP contribution in [0.25, 0.3) is 0 Å². The van der Waals surface area contributed by atoms with Gasteiger partial charge in [-0.3, -0.25) is 14.4 Å². The smallest absolute Gasteiger partial charge is 0.253 e. The first-order valence-electron chi connectivity index (χ1n) is 9.41. The molecule has 0 aromatic heterocycles. The normalized spacial score (nSPS) is 10.2. The third kappa shape index (κ3) is 6.95. The van der Waals surface area contributed by atoms with Crippen LogP contribution in [0.5, 0.6) is 0 Å². The van der Waals surface area contributed by atoms with Gasteiger partial charge in [-0.2, -0.15) is 0 Å². The quantitative estimate of drug-likeness (QED) is 0.718. The first-order valence-corrected chi connectivity index (χ1v) is 9.41. The van der Waals surface area contributed by atoms with Gasteiger partial charge in [-0.25, -0.2) is 0 Å². The largest absolute Gasteiger partial charge is 0.376 e. The summed E-state index contributed by atoms with van der Waals surface area (Å²) in [5.41, 5.74) is 3.10. The molecule has 29 heavy (non-hydrogen) atoms. The van der Waals surface area contributed by atoms with E-state index in [1.807, 2.05) is 24.3 Å². The summed E-state index contributed by atoms with van der Waals surface area (Å²) in [5, 5.41) is 5.87. The summed E-state index contributed by atoms with van der Waals surface area (Å²) in [6.45, 7) is 0.122. The summed E-state index contributed by atoms with van der Waals surface area (Å²) in [6, 6.07) is 14.5. The van der Waals surface area contributed by atoms with Crippen LogP contribution in [0.3, 0.4) is 0 Å². The fraction of sp³-hybridized carbons (Fsp3) is 0.318. The first kappa shape index (κ1) is 21.9. The van der Waals surface area contributed by atoms with Crippen molar-refractivity contribution in [2.24, 2.45) is 0 Å². The lowest BCUT2D eigenvalue weighted by atomic mass is 10.1. The molecule has 0 aliphatic carbocycles. The Morgan fingerprint density at radius 1 is 0.793 bits per heavy atom. The van der Waals surface area contributed by atoms with Crippen LogP contribution in [0, 0.1) is 0 Å². The SMILES string of the molecule is CN(C)C(=O)CCc1ccc(NCC(=O)Nc2ccc(C(=O)N(C)C)cc2)cc1. The van der Waals surface area contributed by atoms with Gasteiger partial charge in [-0.1, -0.05) is 12.1 Å². The van der Waals surface area contributed by atoms with Crippen molar-refractivity contribution >= 4 is 29.1 Å². The fourth-order valence-corrected chi connectivity index (χ4v) is 2.61. The number of hydrogen-bond donors (Lipinski definition) is 2. The van der Waals surface area contributed by atoms with E-state index in [0.29, 0.717) is 24.1 Å². The van der Waals surface area contributed by atoms with Crippen molar-refractivity contribution < 1.29 is 14.4 Å². The number of rotatable bonds is 8. The van der Waals surface area contributed by atoms with Crippen LogP contribution in [0.1, 0.15) is 22.3 Å². The predicted molar refractivity (Wildman–Crippen MR) is 115 cm³/mol. The Kier molecular flexibility index (Phi) is 7.77. The third-order valence-corrected chi connectivity index (χ3v) is 4.36. The highest BCUT2D eigenvalue weighted by molar-refractivity contribution is 5.96. The Bertz CT molecular complexity index is 843. The van der Waals surface area contributed by atoms with Gasteiger partial charge in [0.1, 0.15) is 0 Å². The van der Waals surface area contributed by atoms with E-state index in [1.165, 1.54) is 4.90 Å². The van der Waals surface area contributed by atoms with Crippen LogP contribution in [0.15, 0.2) is 48.5 Å². The minimum absolute atomic E-state index is 0.0842. The molecule has 7 nitrogen and oxygen atoms in total. The summed E-state index contributed by atoms with van der Waals surface area (Å²) < 4.78 is 0. The zero-order valence-electron chi connectivity index (χ0n) is 17.4. The van der Waals surface area contributed by atoms with E-state index in [-0.39, 0.29) is 24.3 Å². The second-order valence-electron chi connectivity index (χ2n) is 7.16. The van der Waals surface area contributed by atoms with E-state index in [4.69, 9.17) is 0 Å². The number of benzene rings is 2. The summed E-state index contributed by atoms with van der Waals surface area (Å²) in [5.74, 6) is -0.167. The zero-order valence-corrected chi connectivity index (χ0v) is 17.4. The van der Waals surface area contributed by atoms with Crippen LogP contribution in [-0.2, 0) is 16.0 Å². The maximum absolute atomic E-state index is 12.1. The van der Waals surface area contributed by atoms with E-state index in [1.54, 1.807) is 57.4 Å². The Labute approximate surface area is 171 Å². The molecule has 0 unspecified atom stereocenters. The Morgan fingerprint density at radius 3 is 1.93 bits per heavy atom. The van der Waals surface area contributed by atoms with Gasteiger partial charge in [0.05, 0.1) is 6.54 Å². The maximum Gasteiger partial charge on any atom is 0.253 e. The van der Waals surface area contributed by atoms with Gasteiger partial charge in [0.2, 0.25) is 11.8 Å². The molecule has 2 aromatic rings. The monoisotopic (exact) mass is 396 g/mol. The molecule has 0 bridgehead atoms. The lowest BCUT2D eigenvalue weighted by molar-refractivity contribution is -0.128. The molecule has 0 saturated carbocycles. The van der Waals surface area contributed by atoms with E-state index >= 15 is 0 Å².